The van der Waals surface area contributed by atoms with E-state index in [1.807, 2.05) is 54.6 Å². The second kappa shape index (κ2) is 10.2. The van der Waals surface area contributed by atoms with Crippen LogP contribution in [0.15, 0.2) is 66.7 Å². The fraction of sp³-hybridized carbons (Fsp3) is 0.320. The largest absolute Gasteiger partial charge is 0.495 e. The Kier molecular flexibility index (Phi) is 6.89. The Morgan fingerprint density at radius 3 is 2.48 bits per heavy atom. The lowest BCUT2D eigenvalue weighted by atomic mass is 10.1. The fourth-order valence-electron chi connectivity index (χ4n) is 3.91. The highest BCUT2D eigenvalue weighted by atomic mass is 16.5. The first-order valence-corrected chi connectivity index (χ1v) is 10.7. The predicted octanol–water partition coefficient (Wildman–Crippen LogP) is 3.17. The number of nitrogens with one attached hydrogen (secondary N) is 1. The zero-order valence-electron chi connectivity index (χ0n) is 17.9. The highest BCUT2D eigenvalue weighted by Gasteiger charge is 2.19. The van der Waals surface area contributed by atoms with E-state index in [0.717, 1.165) is 54.9 Å². The number of ether oxygens (including phenoxy) is 2. The minimum Gasteiger partial charge on any atom is -0.495 e. The van der Waals surface area contributed by atoms with Crippen LogP contribution < -0.4 is 19.7 Å². The van der Waals surface area contributed by atoms with Gasteiger partial charge in [0.2, 0.25) is 0 Å². The summed E-state index contributed by atoms with van der Waals surface area (Å²) in [4.78, 5) is 16.9. The lowest BCUT2D eigenvalue weighted by Crippen LogP contribution is -2.48. The minimum absolute atomic E-state index is 0.0277. The molecule has 0 saturated carbocycles. The zero-order chi connectivity index (χ0) is 21.5. The molecule has 1 aliphatic heterocycles. The SMILES string of the molecule is COc1ccccc1N1CCN(CCNC(=O)COc2ccc3ccccc3c2)CC1. The van der Waals surface area contributed by atoms with E-state index in [0.29, 0.717) is 12.3 Å². The molecule has 0 atom stereocenters. The Labute approximate surface area is 183 Å². The number of piperazine rings is 1. The van der Waals surface area contributed by atoms with Crippen molar-refractivity contribution >= 4 is 22.4 Å². The van der Waals surface area contributed by atoms with Gasteiger partial charge in [0.1, 0.15) is 11.5 Å². The van der Waals surface area contributed by atoms with E-state index in [1.165, 1.54) is 0 Å². The van der Waals surface area contributed by atoms with Crippen molar-refractivity contribution in [2.45, 2.75) is 0 Å². The van der Waals surface area contributed by atoms with Gasteiger partial charge in [-0.15, -0.1) is 0 Å². The van der Waals surface area contributed by atoms with Crippen molar-refractivity contribution in [1.29, 1.82) is 0 Å². The maximum Gasteiger partial charge on any atom is 0.257 e. The Morgan fingerprint density at radius 2 is 1.68 bits per heavy atom. The molecule has 0 aliphatic carbocycles. The smallest absolute Gasteiger partial charge is 0.257 e. The normalized spacial score (nSPS) is 14.4. The second-order valence-corrected chi connectivity index (χ2v) is 7.65. The lowest BCUT2D eigenvalue weighted by molar-refractivity contribution is -0.123. The van der Waals surface area contributed by atoms with Gasteiger partial charge in [0.05, 0.1) is 12.8 Å². The molecule has 162 valence electrons. The summed E-state index contributed by atoms with van der Waals surface area (Å²) in [5, 5.41) is 5.22. The molecule has 0 aromatic heterocycles. The van der Waals surface area contributed by atoms with E-state index in [2.05, 4.69) is 27.2 Å². The number of fused-ring (bicyclic) bond motifs is 1. The molecule has 6 nitrogen and oxygen atoms in total. The first-order chi connectivity index (χ1) is 15.2. The third-order valence-electron chi connectivity index (χ3n) is 5.64. The van der Waals surface area contributed by atoms with Gasteiger partial charge in [-0.05, 0) is 35.0 Å². The Balaban J connectivity index is 1.16. The van der Waals surface area contributed by atoms with Crippen LogP contribution in [0.2, 0.25) is 0 Å². The standard InChI is InChI=1S/C25H29N3O3/c1-30-24-9-5-4-8-23(24)28-16-14-27(15-17-28)13-12-26-25(29)19-31-22-11-10-20-6-2-3-7-21(20)18-22/h2-11,18H,12-17,19H2,1H3,(H,26,29). The van der Waals surface area contributed by atoms with Crippen LogP contribution in [0.1, 0.15) is 0 Å². The molecule has 6 heteroatoms. The van der Waals surface area contributed by atoms with E-state index in [9.17, 15) is 4.79 Å². The molecule has 3 aromatic rings. The van der Waals surface area contributed by atoms with E-state index in [4.69, 9.17) is 9.47 Å². The van der Waals surface area contributed by atoms with Gasteiger partial charge in [-0.25, -0.2) is 0 Å². The number of carbonyl (C=O) groups excluding carboxylic acids is 1. The number of methoxy groups -OCH3 is 1. The van der Waals surface area contributed by atoms with Gasteiger partial charge >= 0.3 is 0 Å². The van der Waals surface area contributed by atoms with Crippen LogP contribution in [0.4, 0.5) is 5.69 Å². The number of benzene rings is 3. The van der Waals surface area contributed by atoms with Crippen molar-refractivity contribution in [3.8, 4) is 11.5 Å². The molecule has 1 heterocycles. The number of nitrogens with zero attached hydrogens (tertiary/aromatic N) is 2. The van der Waals surface area contributed by atoms with Gasteiger partial charge < -0.3 is 19.7 Å². The number of para-hydroxylation sites is 2. The molecule has 1 aliphatic rings. The molecule has 1 amide bonds. The average Bonchev–Trinajstić information content (AvgIpc) is 2.83. The first kappa shape index (κ1) is 21.0. The van der Waals surface area contributed by atoms with E-state index in [-0.39, 0.29) is 12.5 Å². The summed E-state index contributed by atoms with van der Waals surface area (Å²) in [6.07, 6.45) is 0. The van der Waals surface area contributed by atoms with Gasteiger partial charge in [-0.2, -0.15) is 0 Å². The minimum atomic E-state index is -0.0965. The first-order valence-electron chi connectivity index (χ1n) is 10.7. The number of hydrogen-bond acceptors (Lipinski definition) is 5. The van der Waals surface area contributed by atoms with Crippen molar-refractivity contribution in [3.63, 3.8) is 0 Å². The zero-order valence-corrected chi connectivity index (χ0v) is 17.9. The number of carbonyl (C=O) groups is 1. The topological polar surface area (TPSA) is 54.0 Å². The van der Waals surface area contributed by atoms with Crippen LogP contribution in [0.25, 0.3) is 10.8 Å². The number of rotatable bonds is 8. The quantitative estimate of drug-likeness (QED) is 0.608. The third kappa shape index (κ3) is 5.47. The van der Waals surface area contributed by atoms with Crippen LogP contribution in [0.3, 0.4) is 0 Å². The summed E-state index contributed by atoms with van der Waals surface area (Å²) < 4.78 is 11.1. The van der Waals surface area contributed by atoms with Gasteiger partial charge in [-0.1, -0.05) is 42.5 Å². The van der Waals surface area contributed by atoms with Crippen molar-refractivity contribution in [2.24, 2.45) is 0 Å². The van der Waals surface area contributed by atoms with Gasteiger partial charge in [-0.3, -0.25) is 9.69 Å². The number of amides is 1. The van der Waals surface area contributed by atoms with Crippen LogP contribution in [-0.2, 0) is 4.79 Å². The van der Waals surface area contributed by atoms with Crippen LogP contribution in [0, 0.1) is 0 Å². The van der Waals surface area contributed by atoms with E-state index >= 15 is 0 Å². The Bertz CT molecular complexity index is 1020. The monoisotopic (exact) mass is 419 g/mol. The summed E-state index contributed by atoms with van der Waals surface area (Å²) in [7, 11) is 1.71. The third-order valence-corrected chi connectivity index (χ3v) is 5.64. The molecular formula is C25H29N3O3. The highest BCUT2D eigenvalue weighted by Crippen LogP contribution is 2.28. The van der Waals surface area contributed by atoms with Crippen molar-refractivity contribution in [2.75, 3.05) is 57.9 Å². The summed E-state index contributed by atoms with van der Waals surface area (Å²) in [6.45, 7) is 5.29. The van der Waals surface area contributed by atoms with Crippen LogP contribution in [-0.4, -0.2) is 63.8 Å². The summed E-state index contributed by atoms with van der Waals surface area (Å²) in [5.74, 6) is 1.52. The molecular weight excluding hydrogens is 390 g/mol. The molecule has 1 saturated heterocycles. The van der Waals surface area contributed by atoms with Crippen molar-refractivity contribution in [3.05, 3.63) is 66.7 Å². The summed E-state index contributed by atoms with van der Waals surface area (Å²) >= 11 is 0. The van der Waals surface area contributed by atoms with Gasteiger partial charge in [0.25, 0.3) is 5.91 Å². The molecule has 0 radical (unpaired) electrons. The Morgan fingerprint density at radius 1 is 0.935 bits per heavy atom. The van der Waals surface area contributed by atoms with Gasteiger partial charge in [0.15, 0.2) is 6.61 Å². The molecule has 1 fully saturated rings. The van der Waals surface area contributed by atoms with Crippen LogP contribution >= 0.6 is 0 Å². The van der Waals surface area contributed by atoms with Crippen molar-refractivity contribution in [1.82, 2.24) is 10.2 Å². The molecule has 0 spiro atoms. The Hall–Kier alpha value is -3.25. The van der Waals surface area contributed by atoms with Gasteiger partial charge in [0, 0.05) is 39.3 Å². The number of hydrogen-bond donors (Lipinski definition) is 1. The average molecular weight is 420 g/mol. The molecule has 31 heavy (non-hydrogen) atoms. The molecule has 1 N–H and O–H groups in total. The highest BCUT2D eigenvalue weighted by molar-refractivity contribution is 5.84. The van der Waals surface area contributed by atoms with Crippen molar-refractivity contribution < 1.29 is 14.3 Å². The second-order valence-electron chi connectivity index (χ2n) is 7.65. The predicted molar refractivity (Wildman–Crippen MR) is 124 cm³/mol. The fourth-order valence-corrected chi connectivity index (χ4v) is 3.91. The summed E-state index contributed by atoms with van der Waals surface area (Å²) in [6, 6.07) is 22.1. The lowest BCUT2D eigenvalue weighted by Gasteiger charge is -2.36. The number of anilines is 1. The molecule has 0 unspecified atom stereocenters. The molecule has 3 aromatic carbocycles. The maximum absolute atomic E-state index is 12.2. The molecule has 4 rings (SSSR count). The molecule has 0 bridgehead atoms. The van der Waals surface area contributed by atoms with E-state index < -0.39 is 0 Å². The summed E-state index contributed by atoms with van der Waals surface area (Å²) in [5.41, 5.74) is 1.14. The maximum atomic E-state index is 12.2. The van der Waals surface area contributed by atoms with Crippen LogP contribution in [0.5, 0.6) is 11.5 Å². The van der Waals surface area contributed by atoms with E-state index in [1.54, 1.807) is 7.11 Å².